The van der Waals surface area contributed by atoms with Gasteiger partial charge in [0.15, 0.2) is 6.61 Å². The Hall–Kier alpha value is -3.54. The Morgan fingerprint density at radius 3 is 2.48 bits per heavy atom. The zero-order valence-corrected chi connectivity index (χ0v) is 16.7. The molecule has 2 heterocycles. The second kappa shape index (κ2) is 9.59. The van der Waals surface area contributed by atoms with Gasteiger partial charge in [-0.25, -0.2) is 9.59 Å². The second-order valence-electron chi connectivity index (χ2n) is 6.76. The van der Waals surface area contributed by atoms with Crippen molar-refractivity contribution in [2.75, 3.05) is 13.7 Å². The quantitative estimate of drug-likeness (QED) is 0.672. The van der Waals surface area contributed by atoms with E-state index in [1.807, 2.05) is 19.9 Å². The fourth-order valence-electron chi connectivity index (χ4n) is 2.80. The van der Waals surface area contributed by atoms with Gasteiger partial charge in [-0.15, -0.1) is 0 Å². The van der Waals surface area contributed by atoms with Gasteiger partial charge in [-0.2, -0.15) is 5.26 Å². The normalized spacial score (nSPS) is 11.6. The van der Waals surface area contributed by atoms with Crippen molar-refractivity contribution in [3.63, 3.8) is 0 Å². The van der Waals surface area contributed by atoms with Gasteiger partial charge in [0.1, 0.15) is 29.0 Å². The van der Waals surface area contributed by atoms with Crippen molar-refractivity contribution >= 4 is 17.8 Å². The summed E-state index contributed by atoms with van der Waals surface area (Å²) in [5, 5.41) is 12.0. The predicted octanol–water partition coefficient (Wildman–Crippen LogP) is 2.11. The number of nitriles is 1. The number of nitrogens with one attached hydrogen (secondary N) is 1. The van der Waals surface area contributed by atoms with E-state index in [1.54, 1.807) is 29.1 Å². The molecule has 0 aliphatic carbocycles. The summed E-state index contributed by atoms with van der Waals surface area (Å²) in [6, 6.07) is 4.60. The average Bonchev–Trinajstić information content (AvgIpc) is 3.31. The molecular weight excluding hydrogens is 378 g/mol. The molecule has 0 fully saturated rings. The molecule has 0 radical (unpaired) electrons. The van der Waals surface area contributed by atoms with Crippen molar-refractivity contribution < 1.29 is 28.3 Å². The zero-order valence-electron chi connectivity index (χ0n) is 16.7. The number of amides is 1. The molecule has 0 saturated heterocycles. The lowest BCUT2D eigenvalue weighted by Gasteiger charge is -2.18. The molecule has 2 aromatic rings. The Bertz CT molecular complexity index is 921. The molecule has 0 aromatic carbocycles. The lowest BCUT2D eigenvalue weighted by atomic mass is 10.0. The van der Waals surface area contributed by atoms with Crippen molar-refractivity contribution in [3.8, 4) is 12.0 Å². The van der Waals surface area contributed by atoms with Crippen LogP contribution in [0.25, 0.3) is 5.88 Å². The van der Waals surface area contributed by atoms with E-state index in [0.29, 0.717) is 6.42 Å². The van der Waals surface area contributed by atoms with Gasteiger partial charge in [-0.1, -0.05) is 13.8 Å². The van der Waals surface area contributed by atoms with Gasteiger partial charge in [0.2, 0.25) is 5.88 Å². The summed E-state index contributed by atoms with van der Waals surface area (Å²) in [7, 11) is 1.23. The van der Waals surface area contributed by atoms with Crippen molar-refractivity contribution in [1.29, 1.82) is 5.26 Å². The maximum Gasteiger partial charge on any atom is 0.343 e. The minimum absolute atomic E-state index is 0.0105. The third kappa shape index (κ3) is 5.25. The topological polar surface area (TPSA) is 124 Å². The molecule has 0 spiro atoms. The number of rotatable bonds is 8. The molecule has 0 aliphatic rings. The first-order valence-electron chi connectivity index (χ1n) is 8.99. The highest BCUT2D eigenvalue weighted by molar-refractivity contribution is 5.96. The van der Waals surface area contributed by atoms with E-state index in [9.17, 15) is 19.6 Å². The number of carbonyl (C=O) groups is 3. The van der Waals surface area contributed by atoms with Gasteiger partial charge in [0, 0.05) is 12.4 Å². The predicted molar refractivity (Wildman–Crippen MR) is 101 cm³/mol. The van der Waals surface area contributed by atoms with Crippen LogP contribution in [0.1, 0.15) is 41.9 Å². The largest absolute Gasteiger partial charge is 0.467 e. The maximum atomic E-state index is 12.5. The SMILES string of the molecule is COC(=O)[C@H](CC(C)C)NC(=O)COC(=O)c1c(C)oc(-n2cccc2)c1C#N. The highest BCUT2D eigenvalue weighted by atomic mass is 16.5. The fourth-order valence-corrected chi connectivity index (χ4v) is 2.80. The Kier molecular flexibility index (Phi) is 7.20. The Morgan fingerprint density at radius 2 is 1.93 bits per heavy atom. The summed E-state index contributed by atoms with van der Waals surface area (Å²) in [4.78, 5) is 36.4. The summed E-state index contributed by atoms with van der Waals surface area (Å²) in [6.07, 6.45) is 3.72. The lowest BCUT2D eigenvalue weighted by molar-refractivity contribution is -0.145. The number of ether oxygens (including phenoxy) is 2. The number of aryl methyl sites for hydroxylation is 1. The van der Waals surface area contributed by atoms with E-state index >= 15 is 0 Å². The molecule has 9 nitrogen and oxygen atoms in total. The monoisotopic (exact) mass is 401 g/mol. The first-order chi connectivity index (χ1) is 13.8. The number of furan rings is 1. The standard InChI is InChI=1S/C20H23N3O6/c1-12(2)9-15(19(25)27-4)22-16(24)11-28-20(26)17-13(3)29-18(14(17)10-21)23-7-5-6-8-23/h5-8,12,15H,9,11H2,1-4H3,(H,22,24)/t15-/m0/s1. The second-order valence-corrected chi connectivity index (χ2v) is 6.76. The van der Waals surface area contributed by atoms with Crippen molar-refractivity contribution in [1.82, 2.24) is 9.88 Å². The Morgan fingerprint density at radius 1 is 1.28 bits per heavy atom. The van der Waals surface area contributed by atoms with Crippen LogP contribution in [0.4, 0.5) is 0 Å². The number of hydrogen-bond acceptors (Lipinski definition) is 7. The Balaban J connectivity index is 2.08. The van der Waals surface area contributed by atoms with E-state index in [0.717, 1.165) is 0 Å². The average molecular weight is 401 g/mol. The number of carbonyl (C=O) groups excluding carboxylic acids is 3. The summed E-state index contributed by atoms with van der Waals surface area (Å²) < 4.78 is 16.8. The van der Waals surface area contributed by atoms with Crippen molar-refractivity contribution in [3.05, 3.63) is 41.4 Å². The summed E-state index contributed by atoms with van der Waals surface area (Å²) in [6.45, 7) is 4.71. The minimum atomic E-state index is -0.866. The molecule has 154 valence electrons. The first-order valence-corrected chi connectivity index (χ1v) is 8.99. The van der Waals surface area contributed by atoms with Crippen LogP contribution in [0.3, 0.4) is 0 Å². The molecule has 2 rings (SSSR count). The van der Waals surface area contributed by atoms with Crippen LogP contribution in [-0.4, -0.2) is 42.2 Å². The summed E-state index contributed by atoms with van der Waals surface area (Å²) >= 11 is 0. The maximum absolute atomic E-state index is 12.5. The molecule has 29 heavy (non-hydrogen) atoms. The van der Waals surface area contributed by atoms with Crippen LogP contribution in [0, 0.1) is 24.2 Å². The van der Waals surface area contributed by atoms with E-state index in [4.69, 9.17) is 9.15 Å². The molecule has 0 saturated carbocycles. The molecule has 1 N–H and O–H groups in total. The minimum Gasteiger partial charge on any atom is -0.467 e. The van der Waals surface area contributed by atoms with Gasteiger partial charge in [-0.3, -0.25) is 9.36 Å². The molecular formula is C20H23N3O6. The van der Waals surface area contributed by atoms with Crippen LogP contribution in [0.5, 0.6) is 0 Å². The van der Waals surface area contributed by atoms with Gasteiger partial charge in [-0.05, 0) is 31.4 Å². The zero-order chi connectivity index (χ0) is 21.6. The third-order valence-electron chi connectivity index (χ3n) is 4.08. The van der Waals surface area contributed by atoms with E-state index < -0.39 is 30.5 Å². The van der Waals surface area contributed by atoms with Crippen LogP contribution < -0.4 is 5.32 Å². The third-order valence-corrected chi connectivity index (χ3v) is 4.08. The summed E-state index contributed by atoms with van der Waals surface area (Å²) in [5.41, 5.74) is -0.0351. The van der Waals surface area contributed by atoms with Gasteiger partial charge in [0.05, 0.1) is 7.11 Å². The van der Waals surface area contributed by atoms with Gasteiger partial charge < -0.3 is 19.2 Å². The molecule has 0 bridgehead atoms. The lowest BCUT2D eigenvalue weighted by Crippen LogP contribution is -2.44. The highest BCUT2D eigenvalue weighted by Crippen LogP contribution is 2.26. The molecule has 1 atom stereocenters. The molecule has 0 aliphatic heterocycles. The van der Waals surface area contributed by atoms with Gasteiger partial charge in [0.25, 0.3) is 5.91 Å². The smallest absolute Gasteiger partial charge is 0.343 e. The van der Waals surface area contributed by atoms with E-state index in [1.165, 1.54) is 14.0 Å². The number of esters is 2. The molecule has 0 unspecified atom stereocenters. The number of methoxy groups -OCH3 is 1. The van der Waals surface area contributed by atoms with Crippen molar-refractivity contribution in [2.24, 2.45) is 5.92 Å². The molecule has 2 aromatic heterocycles. The molecule has 1 amide bonds. The number of aromatic nitrogens is 1. The van der Waals surface area contributed by atoms with Crippen LogP contribution in [0.15, 0.2) is 28.9 Å². The van der Waals surface area contributed by atoms with Gasteiger partial charge >= 0.3 is 11.9 Å². The number of nitrogens with zero attached hydrogens (tertiary/aromatic N) is 2. The van der Waals surface area contributed by atoms with Crippen LogP contribution in [0.2, 0.25) is 0 Å². The van der Waals surface area contributed by atoms with E-state index in [-0.39, 0.29) is 28.7 Å². The highest BCUT2D eigenvalue weighted by Gasteiger charge is 2.27. The summed E-state index contributed by atoms with van der Waals surface area (Å²) in [5.74, 6) is -1.57. The Labute approximate surface area is 168 Å². The number of hydrogen-bond donors (Lipinski definition) is 1. The van der Waals surface area contributed by atoms with E-state index in [2.05, 4.69) is 10.1 Å². The first kappa shape index (κ1) is 21.8. The molecule has 9 heteroatoms. The fraction of sp³-hybridized carbons (Fsp3) is 0.400. The van der Waals surface area contributed by atoms with Crippen molar-refractivity contribution in [2.45, 2.75) is 33.2 Å². The van der Waals surface area contributed by atoms with Crippen LogP contribution >= 0.6 is 0 Å². The van der Waals surface area contributed by atoms with Crippen LogP contribution in [-0.2, 0) is 19.1 Å².